The van der Waals surface area contributed by atoms with Crippen LogP contribution in [-0.2, 0) is 0 Å². The highest BCUT2D eigenvalue weighted by Crippen LogP contribution is 2.29. The average molecular weight is 295 g/mol. The van der Waals surface area contributed by atoms with Gasteiger partial charge in [0.2, 0.25) is 5.88 Å². The number of hydrogen-bond donors (Lipinski definition) is 1. The van der Waals surface area contributed by atoms with E-state index < -0.39 is 0 Å². The molecule has 2 heterocycles. The Labute approximate surface area is 126 Å². The topological polar surface area (TPSA) is 51.4 Å². The van der Waals surface area contributed by atoms with Crippen molar-refractivity contribution in [3.63, 3.8) is 0 Å². The Bertz CT molecular complexity index is 459. The van der Waals surface area contributed by atoms with E-state index in [1.807, 2.05) is 32.9 Å². The van der Waals surface area contributed by atoms with Gasteiger partial charge in [0.05, 0.1) is 5.69 Å². The standard InChI is InChI=1S/C15H25N3OS/c1-5-11-10-18(8-9-20-11)13-7-6-12(16)14(17-13)19-15(2,3)4/h6-7,11H,5,8-10,16H2,1-4H3. The average Bonchev–Trinajstić information content (AvgIpc) is 2.40. The minimum atomic E-state index is -0.288. The number of nitrogens with zero attached hydrogens (tertiary/aromatic N) is 2. The molecule has 20 heavy (non-hydrogen) atoms. The van der Waals surface area contributed by atoms with Gasteiger partial charge in [-0.05, 0) is 39.3 Å². The highest BCUT2D eigenvalue weighted by molar-refractivity contribution is 8.00. The third-order valence-electron chi connectivity index (χ3n) is 3.20. The number of nitrogens with two attached hydrogens (primary N) is 1. The Balaban J connectivity index is 2.18. The molecular weight excluding hydrogens is 270 g/mol. The molecule has 2 N–H and O–H groups in total. The van der Waals surface area contributed by atoms with E-state index in [2.05, 4.69) is 28.6 Å². The Morgan fingerprint density at radius 3 is 2.85 bits per heavy atom. The van der Waals surface area contributed by atoms with Crippen LogP contribution in [0.2, 0.25) is 0 Å². The van der Waals surface area contributed by atoms with E-state index in [4.69, 9.17) is 10.5 Å². The zero-order chi connectivity index (χ0) is 14.8. The first-order valence-electron chi connectivity index (χ1n) is 7.21. The van der Waals surface area contributed by atoms with Crippen LogP contribution in [0.4, 0.5) is 11.5 Å². The largest absolute Gasteiger partial charge is 0.470 e. The van der Waals surface area contributed by atoms with Gasteiger partial charge in [0, 0.05) is 24.1 Å². The lowest BCUT2D eigenvalue weighted by atomic mass is 10.2. The second kappa shape index (κ2) is 6.12. The monoisotopic (exact) mass is 295 g/mol. The summed E-state index contributed by atoms with van der Waals surface area (Å²) >= 11 is 2.05. The van der Waals surface area contributed by atoms with Gasteiger partial charge in [-0.3, -0.25) is 0 Å². The second-order valence-electron chi connectivity index (χ2n) is 6.13. The van der Waals surface area contributed by atoms with Gasteiger partial charge >= 0.3 is 0 Å². The molecule has 1 aromatic rings. The lowest BCUT2D eigenvalue weighted by Crippen LogP contribution is -2.38. The maximum absolute atomic E-state index is 5.97. The molecule has 1 saturated heterocycles. The molecule has 0 aliphatic carbocycles. The summed E-state index contributed by atoms with van der Waals surface area (Å²) in [5, 5.41) is 0.690. The Hall–Kier alpha value is -1.10. The van der Waals surface area contributed by atoms with Crippen molar-refractivity contribution in [2.45, 2.75) is 45.0 Å². The van der Waals surface area contributed by atoms with Crippen molar-refractivity contribution in [3.05, 3.63) is 12.1 Å². The van der Waals surface area contributed by atoms with Gasteiger partial charge in [0.15, 0.2) is 0 Å². The number of thioether (sulfide) groups is 1. The number of nitrogen functional groups attached to an aromatic ring is 1. The van der Waals surface area contributed by atoms with E-state index in [1.165, 1.54) is 6.42 Å². The zero-order valence-corrected chi connectivity index (χ0v) is 13.7. The second-order valence-corrected chi connectivity index (χ2v) is 7.53. The first-order valence-corrected chi connectivity index (χ1v) is 8.26. The number of rotatable bonds is 3. The molecule has 1 unspecified atom stereocenters. The van der Waals surface area contributed by atoms with Crippen LogP contribution in [0, 0.1) is 0 Å². The Kier molecular flexibility index (Phi) is 4.68. The van der Waals surface area contributed by atoms with E-state index in [0.29, 0.717) is 16.8 Å². The molecule has 4 nitrogen and oxygen atoms in total. The summed E-state index contributed by atoms with van der Waals surface area (Å²) in [5.74, 6) is 2.67. The van der Waals surface area contributed by atoms with Crippen LogP contribution in [0.25, 0.3) is 0 Å². The van der Waals surface area contributed by atoms with Crippen molar-refractivity contribution in [3.8, 4) is 5.88 Å². The molecule has 0 amide bonds. The van der Waals surface area contributed by atoms with Crippen molar-refractivity contribution in [1.29, 1.82) is 0 Å². The van der Waals surface area contributed by atoms with Gasteiger partial charge in [-0.2, -0.15) is 16.7 Å². The summed E-state index contributed by atoms with van der Waals surface area (Å²) in [4.78, 5) is 6.95. The van der Waals surface area contributed by atoms with Crippen molar-refractivity contribution in [2.75, 3.05) is 29.5 Å². The smallest absolute Gasteiger partial charge is 0.239 e. The SMILES string of the molecule is CCC1CN(c2ccc(N)c(OC(C)(C)C)n2)CCS1. The molecule has 1 aromatic heterocycles. The molecule has 5 heteroatoms. The van der Waals surface area contributed by atoms with Crippen molar-refractivity contribution < 1.29 is 4.74 Å². The zero-order valence-electron chi connectivity index (χ0n) is 12.8. The Morgan fingerprint density at radius 1 is 1.45 bits per heavy atom. The molecule has 1 fully saturated rings. The van der Waals surface area contributed by atoms with Crippen LogP contribution in [0.3, 0.4) is 0 Å². The molecule has 0 radical (unpaired) electrons. The quantitative estimate of drug-likeness (QED) is 0.928. The predicted molar refractivity (Wildman–Crippen MR) is 87.8 cm³/mol. The van der Waals surface area contributed by atoms with E-state index in [0.717, 1.165) is 24.7 Å². The van der Waals surface area contributed by atoms with Crippen molar-refractivity contribution in [2.24, 2.45) is 0 Å². The summed E-state index contributed by atoms with van der Waals surface area (Å²) in [6, 6.07) is 3.89. The number of pyridine rings is 1. The number of ether oxygens (including phenoxy) is 1. The summed E-state index contributed by atoms with van der Waals surface area (Å²) in [7, 11) is 0. The van der Waals surface area contributed by atoms with E-state index in [-0.39, 0.29) is 5.60 Å². The van der Waals surface area contributed by atoms with E-state index >= 15 is 0 Å². The van der Waals surface area contributed by atoms with Crippen LogP contribution >= 0.6 is 11.8 Å². The van der Waals surface area contributed by atoms with Gasteiger partial charge in [-0.25, -0.2) is 0 Å². The van der Waals surface area contributed by atoms with Crippen molar-refractivity contribution in [1.82, 2.24) is 4.98 Å². The minimum absolute atomic E-state index is 0.288. The van der Waals surface area contributed by atoms with E-state index in [1.54, 1.807) is 0 Å². The summed E-state index contributed by atoms with van der Waals surface area (Å²) in [6.07, 6.45) is 1.20. The van der Waals surface area contributed by atoms with Gasteiger partial charge in [-0.15, -0.1) is 0 Å². The highest BCUT2D eigenvalue weighted by atomic mass is 32.2. The molecular formula is C15H25N3OS. The van der Waals surface area contributed by atoms with Gasteiger partial charge in [-0.1, -0.05) is 6.92 Å². The summed E-state index contributed by atoms with van der Waals surface area (Å²) in [5.41, 5.74) is 6.28. The van der Waals surface area contributed by atoms with Gasteiger partial charge in [0.1, 0.15) is 11.4 Å². The number of aromatic nitrogens is 1. The van der Waals surface area contributed by atoms with Gasteiger partial charge < -0.3 is 15.4 Å². The minimum Gasteiger partial charge on any atom is -0.470 e. The van der Waals surface area contributed by atoms with Crippen molar-refractivity contribution >= 4 is 23.3 Å². The molecule has 1 aliphatic heterocycles. The van der Waals surface area contributed by atoms with Crippen LogP contribution < -0.4 is 15.4 Å². The molecule has 112 valence electrons. The third-order valence-corrected chi connectivity index (χ3v) is 4.57. The molecule has 0 aromatic carbocycles. The van der Waals surface area contributed by atoms with Crippen LogP contribution in [0.15, 0.2) is 12.1 Å². The maximum atomic E-state index is 5.97. The number of hydrogen-bond acceptors (Lipinski definition) is 5. The first-order chi connectivity index (χ1) is 9.39. The summed E-state index contributed by atoms with van der Waals surface area (Å²) < 4.78 is 5.85. The highest BCUT2D eigenvalue weighted by Gasteiger charge is 2.22. The normalized spacial score (nSPS) is 20.0. The Morgan fingerprint density at radius 2 is 2.20 bits per heavy atom. The lowest BCUT2D eigenvalue weighted by molar-refractivity contribution is 0.125. The summed E-state index contributed by atoms with van der Waals surface area (Å²) in [6.45, 7) is 10.3. The van der Waals surface area contributed by atoms with Gasteiger partial charge in [0.25, 0.3) is 0 Å². The fourth-order valence-electron chi connectivity index (χ4n) is 2.16. The fourth-order valence-corrected chi connectivity index (χ4v) is 3.34. The number of anilines is 2. The molecule has 0 bridgehead atoms. The third kappa shape index (κ3) is 3.95. The lowest BCUT2D eigenvalue weighted by Gasteiger charge is -2.33. The molecule has 0 spiro atoms. The van der Waals surface area contributed by atoms with E-state index in [9.17, 15) is 0 Å². The molecule has 0 saturated carbocycles. The van der Waals surface area contributed by atoms with Crippen LogP contribution in [0.5, 0.6) is 5.88 Å². The van der Waals surface area contributed by atoms with Crippen LogP contribution in [0.1, 0.15) is 34.1 Å². The first kappa shape index (κ1) is 15.3. The molecule has 1 atom stereocenters. The molecule has 1 aliphatic rings. The fraction of sp³-hybridized carbons (Fsp3) is 0.667. The molecule has 2 rings (SSSR count). The maximum Gasteiger partial charge on any atom is 0.239 e. The predicted octanol–water partition coefficient (Wildman–Crippen LogP) is 3.17. The van der Waals surface area contributed by atoms with Crippen LogP contribution in [-0.4, -0.2) is 34.7 Å².